The third-order valence-electron chi connectivity index (χ3n) is 9.20. The van der Waals surface area contributed by atoms with Gasteiger partial charge >= 0.3 is 0 Å². The number of aryl methyl sites for hydroxylation is 2. The maximum absolute atomic E-state index is 13.5. The average Bonchev–Trinajstić information content (AvgIpc) is 2.96. The summed E-state index contributed by atoms with van der Waals surface area (Å²) in [5, 5.41) is 17.4. The van der Waals surface area contributed by atoms with E-state index in [1.807, 2.05) is 24.3 Å². The fourth-order valence-electron chi connectivity index (χ4n) is 6.50. The number of hydrogen-bond acceptors (Lipinski definition) is 2. The molecule has 2 aliphatic rings. The predicted octanol–water partition coefficient (Wildman–Crippen LogP) is 10.1. The zero-order valence-electron chi connectivity index (χ0n) is 24.0. The summed E-state index contributed by atoms with van der Waals surface area (Å²) in [6.07, 6.45) is 19.0. The highest BCUT2D eigenvalue weighted by Gasteiger charge is 2.21. The van der Waals surface area contributed by atoms with Gasteiger partial charge in [-0.1, -0.05) is 96.6 Å². The molecule has 4 rings (SSSR count). The Kier molecular flexibility index (Phi) is 13.0. The Hall–Kier alpha value is -2.72. The van der Waals surface area contributed by atoms with Gasteiger partial charge in [-0.05, 0) is 84.7 Å². The molecule has 0 amide bonds. The summed E-state index contributed by atoms with van der Waals surface area (Å²) in [6.45, 7) is 4.55. The molecule has 0 heterocycles. The van der Waals surface area contributed by atoms with Gasteiger partial charge in [0.15, 0.2) is 0 Å². The van der Waals surface area contributed by atoms with Crippen molar-refractivity contribution in [2.45, 2.75) is 110 Å². The maximum Gasteiger partial charge on any atom is 0.141 e. The molecule has 39 heavy (non-hydrogen) atoms. The Balaban J connectivity index is 0.000000216. The number of nitrogens with zero attached hydrogens (tertiary/aromatic N) is 2. The van der Waals surface area contributed by atoms with E-state index < -0.39 is 0 Å². The monoisotopic (exact) mass is 532 g/mol. The lowest BCUT2D eigenvalue weighted by molar-refractivity contribution is 0.252. The number of rotatable bonds is 9. The molecule has 0 aliphatic heterocycles. The summed E-state index contributed by atoms with van der Waals surface area (Å²) in [5.74, 6) is 2.74. The number of hydrogen-bond donors (Lipinski definition) is 0. The second kappa shape index (κ2) is 16.4. The summed E-state index contributed by atoms with van der Waals surface area (Å²) >= 11 is 0. The van der Waals surface area contributed by atoms with Crippen molar-refractivity contribution >= 4 is 0 Å². The Morgan fingerprint density at radius 2 is 1.00 bits per heavy atom. The molecule has 2 aromatic rings. The molecule has 0 bridgehead atoms. The highest BCUT2D eigenvalue weighted by molar-refractivity contribution is 5.34. The average molecular weight is 533 g/mol. The summed E-state index contributed by atoms with van der Waals surface area (Å²) in [7, 11) is 0. The lowest BCUT2D eigenvalue weighted by Crippen LogP contribution is -2.15. The van der Waals surface area contributed by atoms with Crippen molar-refractivity contribution in [3.8, 4) is 12.1 Å². The highest BCUT2D eigenvalue weighted by Crippen LogP contribution is 2.34. The Morgan fingerprint density at radius 1 is 0.615 bits per heavy atom. The number of nitriles is 2. The van der Waals surface area contributed by atoms with Crippen LogP contribution in [-0.4, -0.2) is 0 Å². The molecular weight excluding hydrogens is 486 g/mol. The molecule has 2 nitrogen and oxygen atoms in total. The lowest BCUT2D eigenvalue weighted by Gasteiger charge is -2.28. The fraction of sp³-hybridized carbons (Fsp3) is 0.600. The first kappa shape index (κ1) is 30.8. The largest absolute Gasteiger partial charge is 0.206 e. The van der Waals surface area contributed by atoms with E-state index in [0.29, 0.717) is 0 Å². The molecule has 0 spiro atoms. The molecule has 2 fully saturated rings. The van der Waals surface area contributed by atoms with E-state index >= 15 is 0 Å². The van der Waals surface area contributed by atoms with Crippen molar-refractivity contribution in [1.29, 1.82) is 10.5 Å². The molecule has 2 aliphatic carbocycles. The molecule has 2 saturated carbocycles. The Bertz CT molecular complexity index is 1100. The molecule has 2 aromatic carbocycles. The summed E-state index contributed by atoms with van der Waals surface area (Å²) in [6, 6.07) is 13.8. The van der Waals surface area contributed by atoms with Crippen LogP contribution in [0.5, 0.6) is 0 Å². The molecule has 0 atom stereocenters. The van der Waals surface area contributed by atoms with Crippen LogP contribution in [0.25, 0.3) is 0 Å². The van der Waals surface area contributed by atoms with Crippen molar-refractivity contribution in [3.63, 3.8) is 0 Å². The third-order valence-corrected chi connectivity index (χ3v) is 9.20. The van der Waals surface area contributed by atoms with Crippen LogP contribution in [0.3, 0.4) is 0 Å². The van der Waals surface area contributed by atoms with E-state index in [9.17, 15) is 8.78 Å². The summed E-state index contributed by atoms with van der Waals surface area (Å²) in [4.78, 5) is 0. The third kappa shape index (κ3) is 10.1. The second-order valence-electron chi connectivity index (χ2n) is 11.9. The second-order valence-corrected chi connectivity index (χ2v) is 11.9. The van der Waals surface area contributed by atoms with E-state index in [2.05, 4.69) is 13.8 Å². The fourth-order valence-corrected chi connectivity index (χ4v) is 6.50. The smallest absolute Gasteiger partial charge is 0.141 e. The van der Waals surface area contributed by atoms with Gasteiger partial charge in [-0.15, -0.1) is 0 Å². The summed E-state index contributed by atoms with van der Waals surface area (Å²) < 4.78 is 27.0. The standard InChI is InChI=1S/C18H24FN.C17H22FN/c1-2-3-14-4-6-15(7-5-14)8-9-16-10-11-17(13-20)18(19)12-16;1-2-13-3-5-14(6-4-13)7-8-15-9-10-16(12-19)17(18)11-15/h10-12,14-15H,2-9H2,1H3;9-11,13-14H,2-8H2,1H3. The van der Waals surface area contributed by atoms with Crippen molar-refractivity contribution in [2.75, 3.05) is 0 Å². The van der Waals surface area contributed by atoms with Crippen LogP contribution in [0, 0.1) is 58.0 Å². The lowest BCUT2D eigenvalue weighted by atomic mass is 9.78. The molecule has 0 N–H and O–H groups in total. The van der Waals surface area contributed by atoms with Gasteiger partial charge in [-0.2, -0.15) is 10.5 Å². The van der Waals surface area contributed by atoms with Gasteiger partial charge in [0, 0.05) is 0 Å². The Morgan fingerprint density at radius 3 is 1.33 bits per heavy atom. The molecule has 4 heteroatoms. The van der Waals surface area contributed by atoms with Gasteiger partial charge in [0.1, 0.15) is 23.8 Å². The molecule has 0 radical (unpaired) electrons. The molecule has 0 saturated heterocycles. The Labute approximate surface area is 235 Å². The topological polar surface area (TPSA) is 47.6 Å². The molecule has 0 unspecified atom stereocenters. The quantitative estimate of drug-likeness (QED) is 0.322. The van der Waals surface area contributed by atoms with Crippen molar-refractivity contribution < 1.29 is 8.78 Å². The van der Waals surface area contributed by atoms with Crippen LogP contribution in [0.2, 0.25) is 0 Å². The number of halogens is 2. The highest BCUT2D eigenvalue weighted by atomic mass is 19.1. The van der Waals surface area contributed by atoms with Gasteiger partial charge in [-0.25, -0.2) is 8.78 Å². The van der Waals surface area contributed by atoms with Crippen molar-refractivity contribution in [3.05, 3.63) is 70.3 Å². The van der Waals surface area contributed by atoms with Crippen molar-refractivity contribution in [2.24, 2.45) is 23.7 Å². The van der Waals surface area contributed by atoms with E-state index in [1.165, 1.54) is 82.8 Å². The molecular formula is C35H46F2N2. The van der Waals surface area contributed by atoms with Gasteiger partial charge < -0.3 is 0 Å². The van der Waals surface area contributed by atoms with Gasteiger partial charge in [0.25, 0.3) is 0 Å². The maximum atomic E-state index is 13.5. The minimum Gasteiger partial charge on any atom is -0.206 e. The SMILES string of the molecule is CCC1CCC(CCc2ccc(C#N)c(F)c2)CC1.CCCC1CCC(CCc2ccc(C#N)c(F)c2)CC1. The molecule has 210 valence electrons. The van der Waals surface area contributed by atoms with Gasteiger partial charge in [0.05, 0.1) is 11.1 Å². The van der Waals surface area contributed by atoms with Gasteiger partial charge in [-0.3, -0.25) is 0 Å². The first-order valence-corrected chi connectivity index (χ1v) is 15.3. The van der Waals surface area contributed by atoms with E-state index in [0.717, 1.165) is 60.5 Å². The van der Waals surface area contributed by atoms with E-state index in [4.69, 9.17) is 10.5 Å². The van der Waals surface area contributed by atoms with Crippen LogP contribution in [0.4, 0.5) is 8.78 Å². The first-order chi connectivity index (χ1) is 18.9. The van der Waals surface area contributed by atoms with E-state index in [1.54, 1.807) is 12.1 Å². The summed E-state index contributed by atoms with van der Waals surface area (Å²) in [5.41, 5.74) is 2.34. The zero-order chi connectivity index (χ0) is 28.0. The minimum absolute atomic E-state index is 0.146. The van der Waals surface area contributed by atoms with Crippen LogP contribution >= 0.6 is 0 Å². The zero-order valence-corrected chi connectivity index (χ0v) is 24.0. The van der Waals surface area contributed by atoms with Crippen LogP contribution in [0.15, 0.2) is 36.4 Å². The van der Waals surface area contributed by atoms with Gasteiger partial charge in [0.2, 0.25) is 0 Å². The van der Waals surface area contributed by atoms with Crippen LogP contribution < -0.4 is 0 Å². The number of benzene rings is 2. The predicted molar refractivity (Wildman–Crippen MR) is 155 cm³/mol. The normalized spacial score (nSPS) is 22.7. The first-order valence-electron chi connectivity index (χ1n) is 15.3. The van der Waals surface area contributed by atoms with E-state index in [-0.39, 0.29) is 22.8 Å². The van der Waals surface area contributed by atoms with Crippen molar-refractivity contribution in [1.82, 2.24) is 0 Å². The molecule has 0 aromatic heterocycles. The minimum atomic E-state index is -0.380. The van der Waals surface area contributed by atoms with Crippen LogP contribution in [0.1, 0.15) is 120 Å². The van der Waals surface area contributed by atoms with Crippen LogP contribution in [-0.2, 0) is 12.8 Å².